The van der Waals surface area contributed by atoms with Crippen LogP contribution >= 0.6 is 10.8 Å². The van der Waals surface area contributed by atoms with Crippen molar-refractivity contribution in [1.29, 1.82) is 0 Å². The first kappa shape index (κ1) is 16.9. The molecule has 0 radical (unpaired) electrons. The molecule has 0 spiro atoms. The molecular formula is C14H10O4S4. The van der Waals surface area contributed by atoms with Gasteiger partial charge < -0.3 is 10.2 Å². The normalized spacial score (nSPS) is 11.1. The van der Waals surface area contributed by atoms with Gasteiger partial charge in [0.25, 0.3) is 0 Å². The molecule has 0 saturated carbocycles. The van der Waals surface area contributed by atoms with Crippen LogP contribution in [0.2, 0.25) is 0 Å². The fourth-order valence-corrected chi connectivity index (χ4v) is 7.16. The second-order valence-electron chi connectivity index (χ2n) is 4.14. The fraction of sp³-hybridized carbons (Fsp3) is 0. The Balaban J connectivity index is 2.50. The summed E-state index contributed by atoms with van der Waals surface area (Å²) in [4.78, 5) is 23.4. The van der Waals surface area contributed by atoms with Crippen molar-refractivity contribution in [2.75, 3.05) is 0 Å². The van der Waals surface area contributed by atoms with E-state index in [0.29, 0.717) is 9.79 Å². The van der Waals surface area contributed by atoms with Crippen LogP contribution in [0.15, 0.2) is 58.3 Å². The summed E-state index contributed by atoms with van der Waals surface area (Å²) in [6, 6.07) is 12.7. The lowest BCUT2D eigenvalue weighted by atomic mass is 10.2. The number of hydrogen-bond donors (Lipinski definition) is 2. The van der Waals surface area contributed by atoms with E-state index in [-0.39, 0.29) is 11.1 Å². The largest absolute Gasteiger partial charge is 0.478 e. The first-order valence-electron chi connectivity index (χ1n) is 5.92. The summed E-state index contributed by atoms with van der Waals surface area (Å²) in [7, 11) is 1.05. The summed E-state index contributed by atoms with van der Waals surface area (Å²) in [6.07, 6.45) is -2.41. The zero-order valence-corrected chi connectivity index (χ0v) is 14.2. The van der Waals surface area contributed by atoms with Gasteiger partial charge in [0.05, 0.1) is 11.1 Å². The van der Waals surface area contributed by atoms with Gasteiger partial charge in [-0.2, -0.15) is 0 Å². The summed E-state index contributed by atoms with van der Waals surface area (Å²) in [5.41, 5.74) is 0.162. The molecule has 0 atom stereocenters. The highest BCUT2D eigenvalue weighted by atomic mass is 33.5. The highest BCUT2D eigenvalue weighted by Crippen LogP contribution is 2.35. The molecule has 2 aromatic carbocycles. The molecule has 2 rings (SSSR count). The predicted molar refractivity (Wildman–Crippen MR) is 93.0 cm³/mol. The third-order valence-electron chi connectivity index (χ3n) is 2.70. The summed E-state index contributed by atoms with van der Waals surface area (Å²) >= 11 is 10.9. The summed E-state index contributed by atoms with van der Waals surface area (Å²) in [5, 5.41) is 18.5. The number of benzene rings is 2. The second kappa shape index (κ2) is 6.74. The van der Waals surface area contributed by atoms with Gasteiger partial charge in [0, 0.05) is 9.79 Å². The molecule has 0 aliphatic carbocycles. The van der Waals surface area contributed by atoms with Crippen molar-refractivity contribution in [2.24, 2.45) is 0 Å². The van der Waals surface area contributed by atoms with Crippen molar-refractivity contribution in [3.63, 3.8) is 0 Å². The molecule has 0 aliphatic heterocycles. The summed E-state index contributed by atoms with van der Waals surface area (Å²) in [5.74, 6) is -2.18. The number of carboxylic acid groups (broad SMARTS) is 2. The summed E-state index contributed by atoms with van der Waals surface area (Å²) < 4.78 is 0. The van der Waals surface area contributed by atoms with E-state index < -0.39 is 18.1 Å². The molecule has 0 heterocycles. The Labute approximate surface area is 140 Å². The molecule has 0 saturated heterocycles. The minimum atomic E-state index is -2.41. The minimum absolute atomic E-state index is 0.0582. The number of carbonyl (C=O) groups is 2. The zero-order valence-electron chi connectivity index (χ0n) is 11.0. The molecule has 8 heteroatoms. The molecule has 114 valence electrons. The molecule has 0 aliphatic rings. The molecule has 2 N–H and O–H groups in total. The molecule has 0 unspecified atom stereocenters. The van der Waals surface area contributed by atoms with Crippen LogP contribution < -0.4 is 0 Å². The van der Waals surface area contributed by atoms with E-state index >= 15 is 0 Å². The van der Waals surface area contributed by atoms with Gasteiger partial charge in [-0.15, -0.1) is 0 Å². The monoisotopic (exact) mass is 370 g/mol. The zero-order chi connectivity index (χ0) is 16.3. The highest BCUT2D eigenvalue weighted by molar-refractivity contribution is 8.98. The Morgan fingerprint density at radius 3 is 1.95 bits per heavy atom. The van der Waals surface area contributed by atoms with Gasteiger partial charge in [0.15, 0.2) is 0 Å². The topological polar surface area (TPSA) is 74.6 Å². The first-order chi connectivity index (χ1) is 10.3. The van der Waals surface area contributed by atoms with Crippen LogP contribution in [0.25, 0.3) is 0 Å². The fourth-order valence-electron chi connectivity index (χ4n) is 1.74. The SMILES string of the molecule is O=C(O)c1ccccc1SS(=S)(=S)c1ccccc1C(=O)O. The number of aromatic carboxylic acids is 2. The number of rotatable bonds is 5. The van der Waals surface area contributed by atoms with Crippen molar-refractivity contribution < 1.29 is 19.8 Å². The van der Waals surface area contributed by atoms with E-state index in [1.807, 2.05) is 0 Å². The van der Waals surface area contributed by atoms with Gasteiger partial charge >= 0.3 is 11.9 Å². The van der Waals surface area contributed by atoms with Gasteiger partial charge in [-0.3, -0.25) is 0 Å². The van der Waals surface area contributed by atoms with Crippen molar-refractivity contribution in [3.8, 4) is 0 Å². The molecule has 2 aromatic rings. The van der Waals surface area contributed by atoms with E-state index in [9.17, 15) is 19.8 Å². The first-order valence-corrected chi connectivity index (χ1v) is 10.7. The van der Waals surface area contributed by atoms with Crippen LogP contribution in [0.1, 0.15) is 20.7 Å². The lowest BCUT2D eigenvalue weighted by Crippen LogP contribution is -2.05. The van der Waals surface area contributed by atoms with Crippen LogP contribution in [0.4, 0.5) is 0 Å². The van der Waals surface area contributed by atoms with E-state index in [4.69, 9.17) is 22.4 Å². The predicted octanol–water partition coefficient (Wildman–Crippen LogP) is 3.23. The Hall–Kier alpha value is -1.48. The molecule has 0 amide bonds. The van der Waals surface area contributed by atoms with Crippen LogP contribution in [-0.4, -0.2) is 22.2 Å². The standard InChI is InChI=1S/C14H10O4S4/c15-13(16)9-5-1-3-7-11(9)21-22(19,20)12-8-4-2-6-10(12)14(17)18/h1-8H,(H,15,16)(H,17,18). The van der Waals surface area contributed by atoms with E-state index in [2.05, 4.69) is 0 Å². The maximum absolute atomic E-state index is 11.3. The molecule has 22 heavy (non-hydrogen) atoms. The molecular weight excluding hydrogens is 360 g/mol. The highest BCUT2D eigenvalue weighted by Gasteiger charge is 2.19. The van der Waals surface area contributed by atoms with Gasteiger partial charge in [0.2, 0.25) is 0 Å². The van der Waals surface area contributed by atoms with Crippen LogP contribution in [0.3, 0.4) is 0 Å². The Bertz CT molecular complexity index is 843. The van der Waals surface area contributed by atoms with Crippen LogP contribution in [0, 0.1) is 0 Å². The van der Waals surface area contributed by atoms with E-state index in [1.165, 1.54) is 12.1 Å². The molecule has 0 bridgehead atoms. The van der Waals surface area contributed by atoms with Gasteiger partial charge in [-0.05, 0) is 63.6 Å². The number of hydrogen-bond acceptors (Lipinski definition) is 5. The molecule has 0 fully saturated rings. The van der Waals surface area contributed by atoms with Crippen molar-refractivity contribution in [2.45, 2.75) is 9.79 Å². The Kier molecular flexibility index (Phi) is 5.17. The van der Waals surface area contributed by atoms with Crippen LogP contribution in [0.5, 0.6) is 0 Å². The Morgan fingerprint density at radius 1 is 0.864 bits per heavy atom. The quantitative estimate of drug-likeness (QED) is 0.783. The average molecular weight is 370 g/mol. The second-order valence-corrected chi connectivity index (χ2v) is 13.0. The third-order valence-corrected chi connectivity index (χ3v) is 8.39. The van der Waals surface area contributed by atoms with Crippen molar-refractivity contribution in [3.05, 3.63) is 59.7 Å². The van der Waals surface area contributed by atoms with Crippen molar-refractivity contribution >= 4 is 51.3 Å². The van der Waals surface area contributed by atoms with E-state index in [0.717, 1.165) is 10.8 Å². The third kappa shape index (κ3) is 3.64. The number of carboxylic acids is 2. The summed E-state index contributed by atoms with van der Waals surface area (Å²) in [6.45, 7) is 0. The smallest absolute Gasteiger partial charge is 0.336 e. The Morgan fingerprint density at radius 2 is 1.36 bits per heavy atom. The van der Waals surface area contributed by atoms with Crippen molar-refractivity contribution in [1.82, 2.24) is 0 Å². The average Bonchev–Trinajstić information content (AvgIpc) is 2.47. The minimum Gasteiger partial charge on any atom is -0.478 e. The maximum atomic E-state index is 11.3. The maximum Gasteiger partial charge on any atom is 0.336 e. The van der Waals surface area contributed by atoms with Gasteiger partial charge in [0.1, 0.15) is 0 Å². The van der Waals surface area contributed by atoms with Crippen LogP contribution in [-0.2, 0) is 28.6 Å². The lowest BCUT2D eigenvalue weighted by Gasteiger charge is -2.14. The van der Waals surface area contributed by atoms with Gasteiger partial charge in [-0.25, -0.2) is 9.59 Å². The molecule has 0 aromatic heterocycles. The molecule has 4 nitrogen and oxygen atoms in total. The van der Waals surface area contributed by atoms with E-state index in [1.54, 1.807) is 36.4 Å². The lowest BCUT2D eigenvalue weighted by molar-refractivity contribution is 0.0682. The van der Waals surface area contributed by atoms with Gasteiger partial charge in [-0.1, -0.05) is 24.3 Å².